The Hall–Kier alpha value is -0.450. The van der Waals surface area contributed by atoms with Gasteiger partial charge >= 0.3 is 0 Å². The Kier molecular flexibility index (Phi) is 2.83. The predicted molar refractivity (Wildman–Crippen MR) is 69.4 cm³/mol. The molecule has 0 bridgehead atoms. The summed E-state index contributed by atoms with van der Waals surface area (Å²) in [4.78, 5) is 4.62. The molecular formula is C11H13BrN2S. The monoisotopic (exact) mass is 284 g/mol. The van der Waals surface area contributed by atoms with Gasteiger partial charge in [0.05, 0.1) is 10.2 Å². The van der Waals surface area contributed by atoms with Crippen molar-refractivity contribution in [3.05, 3.63) is 27.7 Å². The Labute approximate surface area is 102 Å². The average Bonchev–Trinajstić information content (AvgIpc) is 2.61. The maximum absolute atomic E-state index is 5.75. The zero-order valence-electron chi connectivity index (χ0n) is 8.75. The topological polar surface area (TPSA) is 38.9 Å². The maximum atomic E-state index is 5.75. The largest absolute Gasteiger partial charge is 0.330 e. The van der Waals surface area contributed by atoms with Gasteiger partial charge < -0.3 is 5.73 Å². The minimum atomic E-state index is -0.0316. The molecule has 2 rings (SSSR count). The third-order valence-electron chi connectivity index (χ3n) is 2.44. The van der Waals surface area contributed by atoms with Crippen LogP contribution in [0.2, 0.25) is 0 Å². The third kappa shape index (κ3) is 2.07. The van der Waals surface area contributed by atoms with Gasteiger partial charge in [-0.05, 0) is 18.2 Å². The third-order valence-corrected chi connectivity index (χ3v) is 4.33. The second-order valence-electron chi connectivity index (χ2n) is 4.22. The van der Waals surface area contributed by atoms with Crippen LogP contribution in [0.4, 0.5) is 0 Å². The highest BCUT2D eigenvalue weighted by molar-refractivity contribution is 9.10. The summed E-state index contributed by atoms with van der Waals surface area (Å²) in [5.41, 5.74) is 6.76. The molecule has 0 unspecified atom stereocenters. The maximum Gasteiger partial charge on any atom is 0.101 e. The molecule has 0 aliphatic rings. The van der Waals surface area contributed by atoms with Crippen LogP contribution in [-0.4, -0.2) is 11.5 Å². The molecule has 1 aromatic carbocycles. The quantitative estimate of drug-likeness (QED) is 0.919. The van der Waals surface area contributed by atoms with Crippen molar-refractivity contribution in [3.63, 3.8) is 0 Å². The van der Waals surface area contributed by atoms with Crippen LogP contribution >= 0.6 is 27.3 Å². The minimum absolute atomic E-state index is 0.0316. The number of nitrogens with zero attached hydrogens (tertiary/aromatic N) is 1. The molecule has 0 atom stereocenters. The van der Waals surface area contributed by atoms with Crippen LogP contribution in [0.3, 0.4) is 0 Å². The molecule has 0 aliphatic heterocycles. The van der Waals surface area contributed by atoms with Gasteiger partial charge in [0.1, 0.15) is 5.01 Å². The highest BCUT2D eigenvalue weighted by Crippen LogP contribution is 2.31. The van der Waals surface area contributed by atoms with Crippen molar-refractivity contribution in [1.29, 1.82) is 0 Å². The lowest BCUT2D eigenvalue weighted by Crippen LogP contribution is -2.27. The summed E-state index contributed by atoms with van der Waals surface area (Å²) in [7, 11) is 0. The lowest BCUT2D eigenvalue weighted by Gasteiger charge is -2.18. The SMILES string of the molecule is CC(C)(CN)c1nc2cc(Br)ccc2s1. The van der Waals surface area contributed by atoms with E-state index < -0.39 is 0 Å². The zero-order chi connectivity index (χ0) is 11.1. The fraction of sp³-hybridized carbons (Fsp3) is 0.364. The van der Waals surface area contributed by atoms with Crippen LogP contribution in [0.25, 0.3) is 10.2 Å². The van der Waals surface area contributed by atoms with Crippen molar-refractivity contribution < 1.29 is 0 Å². The number of nitrogens with two attached hydrogens (primary N) is 1. The summed E-state index contributed by atoms with van der Waals surface area (Å²) in [5.74, 6) is 0. The Bertz CT molecular complexity index is 490. The van der Waals surface area contributed by atoms with E-state index in [1.54, 1.807) is 11.3 Å². The van der Waals surface area contributed by atoms with Gasteiger partial charge in [0, 0.05) is 16.4 Å². The zero-order valence-corrected chi connectivity index (χ0v) is 11.2. The Morgan fingerprint density at radius 3 is 2.87 bits per heavy atom. The van der Waals surface area contributed by atoms with Crippen LogP contribution in [0.5, 0.6) is 0 Å². The predicted octanol–water partition coefficient (Wildman–Crippen LogP) is 3.30. The molecule has 4 heteroatoms. The number of hydrogen-bond acceptors (Lipinski definition) is 3. The Balaban J connectivity index is 2.56. The smallest absolute Gasteiger partial charge is 0.101 e. The van der Waals surface area contributed by atoms with Crippen molar-refractivity contribution in [3.8, 4) is 0 Å². The highest BCUT2D eigenvalue weighted by Gasteiger charge is 2.22. The molecule has 1 heterocycles. The summed E-state index contributed by atoms with van der Waals surface area (Å²) in [6.07, 6.45) is 0. The molecule has 0 aliphatic carbocycles. The molecule has 80 valence electrons. The first kappa shape index (κ1) is 11.0. The molecule has 2 nitrogen and oxygen atoms in total. The number of benzene rings is 1. The summed E-state index contributed by atoms with van der Waals surface area (Å²) in [6.45, 7) is 4.87. The van der Waals surface area contributed by atoms with Gasteiger partial charge in [0.2, 0.25) is 0 Å². The standard InChI is InChI=1S/C11H13BrN2S/c1-11(2,6-13)10-14-8-5-7(12)3-4-9(8)15-10/h3-5H,6,13H2,1-2H3. The molecule has 0 saturated heterocycles. The van der Waals surface area contributed by atoms with Crippen molar-refractivity contribution in [2.24, 2.45) is 5.73 Å². The van der Waals surface area contributed by atoms with E-state index in [4.69, 9.17) is 5.73 Å². The number of thiazole rings is 1. The molecule has 0 spiro atoms. The van der Waals surface area contributed by atoms with Gasteiger partial charge in [0.25, 0.3) is 0 Å². The van der Waals surface area contributed by atoms with E-state index in [2.05, 4.69) is 40.8 Å². The van der Waals surface area contributed by atoms with Gasteiger partial charge in [0.15, 0.2) is 0 Å². The molecule has 0 fully saturated rings. The lowest BCUT2D eigenvalue weighted by atomic mass is 9.95. The van der Waals surface area contributed by atoms with Crippen LogP contribution < -0.4 is 5.73 Å². The van der Waals surface area contributed by atoms with E-state index in [1.807, 2.05) is 12.1 Å². The first-order valence-corrected chi connectivity index (χ1v) is 6.40. The molecule has 15 heavy (non-hydrogen) atoms. The van der Waals surface area contributed by atoms with E-state index in [9.17, 15) is 0 Å². The number of halogens is 1. The van der Waals surface area contributed by atoms with Crippen LogP contribution in [0.15, 0.2) is 22.7 Å². The van der Waals surface area contributed by atoms with Crippen LogP contribution in [0.1, 0.15) is 18.9 Å². The van der Waals surface area contributed by atoms with E-state index in [0.29, 0.717) is 6.54 Å². The lowest BCUT2D eigenvalue weighted by molar-refractivity contribution is 0.536. The van der Waals surface area contributed by atoms with Gasteiger partial charge in [-0.1, -0.05) is 29.8 Å². The van der Waals surface area contributed by atoms with Crippen molar-refractivity contribution in [2.75, 3.05) is 6.54 Å². The van der Waals surface area contributed by atoms with Crippen LogP contribution in [0, 0.1) is 0 Å². The second-order valence-corrected chi connectivity index (χ2v) is 6.17. The molecular weight excluding hydrogens is 272 g/mol. The van der Waals surface area contributed by atoms with Gasteiger partial charge in [-0.25, -0.2) is 4.98 Å². The minimum Gasteiger partial charge on any atom is -0.330 e. The number of rotatable bonds is 2. The summed E-state index contributed by atoms with van der Waals surface area (Å²) >= 11 is 5.17. The molecule has 1 aromatic heterocycles. The number of hydrogen-bond donors (Lipinski definition) is 1. The van der Waals surface area contributed by atoms with Gasteiger partial charge in [-0.2, -0.15) is 0 Å². The van der Waals surface area contributed by atoms with Crippen molar-refractivity contribution >= 4 is 37.5 Å². The molecule has 2 N–H and O–H groups in total. The fourth-order valence-corrected chi connectivity index (χ4v) is 2.68. The van der Waals surface area contributed by atoms with Crippen molar-refractivity contribution in [1.82, 2.24) is 4.98 Å². The fourth-order valence-electron chi connectivity index (χ4n) is 1.28. The van der Waals surface area contributed by atoms with Crippen LogP contribution in [-0.2, 0) is 5.41 Å². The van der Waals surface area contributed by atoms with Gasteiger partial charge in [-0.3, -0.25) is 0 Å². The average molecular weight is 285 g/mol. The highest BCUT2D eigenvalue weighted by atomic mass is 79.9. The molecule has 0 amide bonds. The number of aromatic nitrogens is 1. The summed E-state index contributed by atoms with van der Waals surface area (Å²) in [6, 6.07) is 6.18. The number of fused-ring (bicyclic) bond motifs is 1. The van der Waals surface area contributed by atoms with E-state index in [-0.39, 0.29) is 5.41 Å². The van der Waals surface area contributed by atoms with E-state index in [1.165, 1.54) is 4.70 Å². The van der Waals surface area contributed by atoms with E-state index in [0.717, 1.165) is 15.0 Å². The molecule has 0 saturated carbocycles. The normalized spacial score (nSPS) is 12.3. The van der Waals surface area contributed by atoms with Gasteiger partial charge in [-0.15, -0.1) is 11.3 Å². The summed E-state index contributed by atoms with van der Waals surface area (Å²) in [5, 5.41) is 1.11. The first-order valence-electron chi connectivity index (χ1n) is 4.79. The molecule has 0 radical (unpaired) electrons. The Morgan fingerprint density at radius 1 is 1.47 bits per heavy atom. The Morgan fingerprint density at radius 2 is 2.20 bits per heavy atom. The van der Waals surface area contributed by atoms with Crippen molar-refractivity contribution in [2.45, 2.75) is 19.3 Å². The van der Waals surface area contributed by atoms with E-state index >= 15 is 0 Å². The second kappa shape index (κ2) is 3.85. The summed E-state index contributed by atoms with van der Waals surface area (Å²) < 4.78 is 2.28. The first-order chi connectivity index (χ1) is 7.03. The molecule has 2 aromatic rings.